The van der Waals surface area contributed by atoms with E-state index in [1.54, 1.807) is 0 Å². The number of nitrogens with zero attached hydrogens (tertiary/aromatic N) is 2. The van der Waals surface area contributed by atoms with Gasteiger partial charge in [0.15, 0.2) is 0 Å². The second-order valence-corrected chi connectivity index (χ2v) is 6.84. The standard InChI is InChI=1S/C20H16N2S/c1-23-18-12-19-21-16-8-4-5-9-17(16)22(19)20-14-7-3-2-6-13(14)10-11-15(18)20/h2-9,12H,10-11H2,1H3. The summed E-state index contributed by atoms with van der Waals surface area (Å²) < 4.78 is 2.35. The van der Waals surface area contributed by atoms with Crippen LogP contribution >= 0.6 is 11.8 Å². The van der Waals surface area contributed by atoms with Gasteiger partial charge in [-0.3, -0.25) is 4.40 Å². The lowest BCUT2D eigenvalue weighted by Gasteiger charge is -2.23. The van der Waals surface area contributed by atoms with E-state index >= 15 is 0 Å². The number of hydrogen-bond acceptors (Lipinski definition) is 2. The fourth-order valence-electron chi connectivity index (χ4n) is 3.77. The number of fused-ring (bicyclic) bond motifs is 7. The van der Waals surface area contributed by atoms with E-state index in [9.17, 15) is 0 Å². The molecule has 0 radical (unpaired) electrons. The number of imidazole rings is 1. The summed E-state index contributed by atoms with van der Waals surface area (Å²) >= 11 is 1.83. The third-order valence-electron chi connectivity index (χ3n) is 4.79. The van der Waals surface area contributed by atoms with Gasteiger partial charge in [-0.15, -0.1) is 11.8 Å². The Morgan fingerprint density at radius 1 is 1.00 bits per heavy atom. The molecular formula is C20H16N2S. The first-order chi connectivity index (χ1) is 11.4. The van der Waals surface area contributed by atoms with E-state index in [4.69, 9.17) is 4.98 Å². The number of aromatic nitrogens is 2. The van der Waals surface area contributed by atoms with Crippen molar-refractivity contribution in [3.05, 3.63) is 65.7 Å². The number of benzene rings is 2. The van der Waals surface area contributed by atoms with Gasteiger partial charge in [0.2, 0.25) is 0 Å². The number of rotatable bonds is 1. The highest BCUT2D eigenvalue weighted by molar-refractivity contribution is 7.98. The van der Waals surface area contributed by atoms with Crippen LogP contribution < -0.4 is 0 Å². The minimum atomic E-state index is 1.05. The lowest BCUT2D eigenvalue weighted by atomic mass is 9.89. The molecule has 0 unspecified atom stereocenters. The van der Waals surface area contributed by atoms with Gasteiger partial charge in [0.1, 0.15) is 5.65 Å². The van der Waals surface area contributed by atoms with Crippen LogP contribution in [0.2, 0.25) is 0 Å². The zero-order valence-corrected chi connectivity index (χ0v) is 13.7. The average molecular weight is 316 g/mol. The maximum atomic E-state index is 4.85. The number of aryl methyl sites for hydroxylation is 1. The van der Waals surface area contributed by atoms with Gasteiger partial charge in [0.05, 0.1) is 16.7 Å². The maximum Gasteiger partial charge on any atom is 0.139 e. The Morgan fingerprint density at radius 3 is 2.74 bits per heavy atom. The molecule has 0 amide bonds. The van der Waals surface area contributed by atoms with Crippen molar-refractivity contribution in [1.29, 1.82) is 0 Å². The topological polar surface area (TPSA) is 17.3 Å². The maximum absolute atomic E-state index is 4.85. The summed E-state index contributed by atoms with van der Waals surface area (Å²) in [6.07, 6.45) is 4.38. The molecule has 112 valence electrons. The van der Waals surface area contributed by atoms with Gasteiger partial charge in [-0.05, 0) is 48.4 Å². The minimum absolute atomic E-state index is 1.05. The Morgan fingerprint density at radius 2 is 1.83 bits per heavy atom. The first kappa shape index (κ1) is 13.2. The van der Waals surface area contributed by atoms with Gasteiger partial charge in [-0.2, -0.15) is 0 Å². The smallest absolute Gasteiger partial charge is 0.139 e. The van der Waals surface area contributed by atoms with Gasteiger partial charge in [-0.25, -0.2) is 4.98 Å². The number of para-hydroxylation sites is 2. The molecule has 5 rings (SSSR count). The zero-order valence-electron chi connectivity index (χ0n) is 12.9. The Balaban J connectivity index is 2.02. The Kier molecular flexibility index (Phi) is 2.79. The summed E-state index contributed by atoms with van der Waals surface area (Å²) in [6, 6.07) is 19.5. The number of thioether (sulfide) groups is 1. The molecule has 23 heavy (non-hydrogen) atoms. The van der Waals surface area contributed by atoms with E-state index in [0.29, 0.717) is 0 Å². The lowest BCUT2D eigenvalue weighted by molar-refractivity contribution is 0.896. The molecule has 4 aromatic rings. The van der Waals surface area contributed by atoms with Gasteiger partial charge >= 0.3 is 0 Å². The van der Waals surface area contributed by atoms with Crippen molar-refractivity contribution in [3.8, 4) is 11.3 Å². The highest BCUT2D eigenvalue weighted by Gasteiger charge is 2.23. The van der Waals surface area contributed by atoms with Gasteiger partial charge < -0.3 is 0 Å². The van der Waals surface area contributed by atoms with Crippen LogP contribution in [0.25, 0.3) is 27.9 Å². The predicted octanol–water partition coefficient (Wildman–Crippen LogP) is 4.98. The van der Waals surface area contributed by atoms with Crippen LogP contribution in [0, 0.1) is 0 Å². The minimum Gasteiger partial charge on any atom is -0.292 e. The fraction of sp³-hybridized carbons (Fsp3) is 0.150. The van der Waals surface area contributed by atoms with Crippen LogP contribution in [0.15, 0.2) is 59.5 Å². The monoisotopic (exact) mass is 316 g/mol. The Hall–Kier alpha value is -2.26. The highest BCUT2D eigenvalue weighted by Crippen LogP contribution is 2.40. The van der Waals surface area contributed by atoms with Crippen LogP contribution in [0.4, 0.5) is 0 Å². The van der Waals surface area contributed by atoms with Crippen LogP contribution in [0.3, 0.4) is 0 Å². The molecule has 0 saturated carbocycles. The molecule has 2 aromatic heterocycles. The molecule has 1 aliphatic rings. The van der Waals surface area contributed by atoms with Gasteiger partial charge in [-0.1, -0.05) is 36.4 Å². The molecule has 0 fully saturated rings. The van der Waals surface area contributed by atoms with E-state index in [0.717, 1.165) is 24.0 Å². The van der Waals surface area contributed by atoms with E-state index in [1.807, 2.05) is 11.8 Å². The molecule has 3 heteroatoms. The average Bonchev–Trinajstić information content (AvgIpc) is 2.98. The molecule has 2 nitrogen and oxygen atoms in total. The second-order valence-electron chi connectivity index (χ2n) is 5.99. The normalized spacial score (nSPS) is 13.3. The van der Waals surface area contributed by atoms with E-state index in [1.165, 1.54) is 32.8 Å². The molecule has 0 aliphatic heterocycles. The summed E-state index contributed by atoms with van der Waals surface area (Å²) in [5.74, 6) is 0. The first-order valence-electron chi connectivity index (χ1n) is 7.92. The van der Waals surface area contributed by atoms with E-state index in [2.05, 4.69) is 65.3 Å². The van der Waals surface area contributed by atoms with Crippen molar-refractivity contribution >= 4 is 28.4 Å². The zero-order chi connectivity index (χ0) is 15.4. The lowest BCUT2D eigenvalue weighted by Crippen LogP contribution is -2.09. The van der Waals surface area contributed by atoms with Crippen molar-refractivity contribution in [2.75, 3.05) is 6.26 Å². The van der Waals surface area contributed by atoms with Crippen LogP contribution in [0.5, 0.6) is 0 Å². The quantitative estimate of drug-likeness (QED) is 0.461. The molecule has 0 N–H and O–H groups in total. The largest absolute Gasteiger partial charge is 0.292 e. The van der Waals surface area contributed by atoms with Crippen LogP contribution in [-0.4, -0.2) is 15.6 Å². The molecule has 0 saturated heterocycles. The van der Waals surface area contributed by atoms with Crippen LogP contribution in [-0.2, 0) is 12.8 Å². The third kappa shape index (κ3) is 1.80. The summed E-state index contributed by atoms with van der Waals surface area (Å²) in [7, 11) is 0. The van der Waals surface area contributed by atoms with Gasteiger partial charge in [0.25, 0.3) is 0 Å². The summed E-state index contributed by atoms with van der Waals surface area (Å²) in [5, 5.41) is 0. The second kappa shape index (κ2) is 4.87. The molecule has 2 aromatic carbocycles. The molecule has 2 heterocycles. The van der Waals surface area contributed by atoms with Gasteiger partial charge in [0, 0.05) is 10.5 Å². The van der Waals surface area contributed by atoms with Crippen LogP contribution in [0.1, 0.15) is 11.1 Å². The van der Waals surface area contributed by atoms with Crippen molar-refractivity contribution in [2.45, 2.75) is 17.7 Å². The van der Waals surface area contributed by atoms with E-state index < -0.39 is 0 Å². The molecular weight excluding hydrogens is 300 g/mol. The van der Waals surface area contributed by atoms with Crippen molar-refractivity contribution in [3.63, 3.8) is 0 Å². The van der Waals surface area contributed by atoms with Crippen molar-refractivity contribution in [1.82, 2.24) is 9.38 Å². The summed E-state index contributed by atoms with van der Waals surface area (Å²) in [4.78, 5) is 6.21. The van der Waals surface area contributed by atoms with E-state index in [-0.39, 0.29) is 0 Å². The van der Waals surface area contributed by atoms with Crippen molar-refractivity contribution < 1.29 is 0 Å². The molecule has 0 atom stereocenters. The Bertz CT molecular complexity index is 1060. The summed E-state index contributed by atoms with van der Waals surface area (Å²) in [6.45, 7) is 0. The van der Waals surface area contributed by atoms with Crippen molar-refractivity contribution in [2.24, 2.45) is 0 Å². The molecule has 0 bridgehead atoms. The summed E-state index contributed by atoms with van der Waals surface area (Å²) in [5.41, 5.74) is 8.91. The Labute approximate surface area is 139 Å². The number of pyridine rings is 1. The molecule has 0 spiro atoms. The highest BCUT2D eigenvalue weighted by atomic mass is 32.2. The molecule has 1 aliphatic carbocycles. The number of hydrogen-bond donors (Lipinski definition) is 0. The SMILES string of the molecule is CSc1cc2nc3ccccc3n2c2c1CCc1ccccc1-2. The fourth-order valence-corrected chi connectivity index (χ4v) is 4.44. The third-order valence-corrected chi connectivity index (χ3v) is 5.59. The first-order valence-corrected chi connectivity index (χ1v) is 9.14. The predicted molar refractivity (Wildman–Crippen MR) is 97.3 cm³/mol.